The van der Waals surface area contributed by atoms with Crippen LogP contribution < -0.4 is 4.74 Å². The first-order valence-electron chi connectivity index (χ1n) is 6.43. The smallest absolute Gasteiger partial charge is 0.118 e. The van der Waals surface area contributed by atoms with E-state index in [2.05, 4.69) is 11.8 Å². The molecule has 1 rings (SSSR count). The highest BCUT2D eigenvalue weighted by atomic mass is 16.5. The molecule has 0 saturated carbocycles. The molecule has 2 heteroatoms. The van der Waals surface area contributed by atoms with E-state index in [4.69, 9.17) is 9.84 Å². The van der Waals surface area contributed by atoms with E-state index >= 15 is 0 Å². The fourth-order valence-electron chi connectivity index (χ4n) is 1.44. The molecule has 0 aromatic heterocycles. The van der Waals surface area contributed by atoms with Crippen molar-refractivity contribution in [3.05, 3.63) is 59.2 Å². The lowest BCUT2D eigenvalue weighted by Crippen LogP contribution is -1.81. The Morgan fingerprint density at radius 1 is 1.25 bits per heavy atom. The zero-order valence-corrected chi connectivity index (χ0v) is 12.2. The Hall–Kier alpha value is -2.24. The van der Waals surface area contributed by atoms with Crippen LogP contribution >= 0.6 is 0 Å². The number of hydrogen-bond donors (Lipinski definition) is 1. The van der Waals surface area contributed by atoms with E-state index in [1.165, 1.54) is 0 Å². The molecule has 1 aromatic carbocycles. The fraction of sp³-hybridized carbons (Fsp3) is 0.222. The lowest BCUT2D eigenvalue weighted by atomic mass is 10.1. The number of allylic oxidation sites excluding steroid dienone is 4. The molecule has 0 heterocycles. The Morgan fingerprint density at radius 2 is 1.95 bits per heavy atom. The summed E-state index contributed by atoms with van der Waals surface area (Å²) in [6.07, 6.45) is 7.59. The van der Waals surface area contributed by atoms with Crippen molar-refractivity contribution in [1.29, 1.82) is 0 Å². The minimum absolute atomic E-state index is 0.0284. The Balaban J connectivity index is 2.66. The van der Waals surface area contributed by atoms with Gasteiger partial charge < -0.3 is 9.84 Å². The predicted molar refractivity (Wildman–Crippen MR) is 84.4 cm³/mol. The average molecular weight is 268 g/mol. The van der Waals surface area contributed by atoms with Crippen molar-refractivity contribution in [2.45, 2.75) is 13.8 Å². The lowest BCUT2D eigenvalue weighted by molar-refractivity contribution is 0.342. The number of hydrogen-bond acceptors (Lipinski definition) is 2. The van der Waals surface area contributed by atoms with Gasteiger partial charge in [0.1, 0.15) is 5.75 Å². The Morgan fingerprint density at radius 3 is 2.55 bits per heavy atom. The average Bonchev–Trinajstić information content (AvgIpc) is 2.46. The van der Waals surface area contributed by atoms with E-state index in [9.17, 15) is 0 Å². The zero-order valence-electron chi connectivity index (χ0n) is 12.2. The first-order chi connectivity index (χ1) is 9.65. The molecule has 0 aliphatic heterocycles. The van der Waals surface area contributed by atoms with Crippen molar-refractivity contribution >= 4 is 6.08 Å². The number of aliphatic hydroxyl groups is 1. The van der Waals surface area contributed by atoms with Gasteiger partial charge in [0.15, 0.2) is 0 Å². The number of methoxy groups -OCH3 is 1. The van der Waals surface area contributed by atoms with Crippen molar-refractivity contribution in [3.8, 4) is 17.6 Å². The van der Waals surface area contributed by atoms with E-state index in [1.807, 2.05) is 56.3 Å². The first kappa shape index (κ1) is 15.8. The molecule has 2 nitrogen and oxygen atoms in total. The highest BCUT2D eigenvalue weighted by molar-refractivity contribution is 5.54. The second-order valence-electron chi connectivity index (χ2n) is 4.33. The van der Waals surface area contributed by atoms with Crippen molar-refractivity contribution in [2.24, 2.45) is 0 Å². The van der Waals surface area contributed by atoms with Crippen LogP contribution in [0, 0.1) is 11.8 Å². The predicted octanol–water partition coefficient (Wildman–Crippen LogP) is 3.60. The highest BCUT2D eigenvalue weighted by Gasteiger charge is 1.89. The monoisotopic (exact) mass is 268 g/mol. The lowest BCUT2D eigenvalue weighted by Gasteiger charge is -1.98. The van der Waals surface area contributed by atoms with E-state index < -0.39 is 0 Å². The number of aliphatic hydroxyl groups excluding tert-OH is 1. The molecule has 0 spiro atoms. The van der Waals surface area contributed by atoms with Gasteiger partial charge in [-0.2, -0.15) is 0 Å². The maximum atomic E-state index is 8.71. The van der Waals surface area contributed by atoms with E-state index in [1.54, 1.807) is 13.2 Å². The summed E-state index contributed by atoms with van der Waals surface area (Å²) in [5.74, 6) is 6.77. The van der Waals surface area contributed by atoms with Gasteiger partial charge >= 0.3 is 0 Å². The Bertz CT molecular complexity index is 564. The summed E-state index contributed by atoms with van der Waals surface area (Å²) in [7, 11) is 1.66. The first-order valence-corrected chi connectivity index (χ1v) is 6.43. The molecule has 1 N–H and O–H groups in total. The second kappa shape index (κ2) is 8.79. The number of benzene rings is 1. The fourth-order valence-corrected chi connectivity index (χ4v) is 1.44. The summed E-state index contributed by atoms with van der Waals surface area (Å²) < 4.78 is 5.11. The van der Waals surface area contributed by atoms with Gasteiger partial charge in [0.25, 0.3) is 0 Å². The van der Waals surface area contributed by atoms with Gasteiger partial charge in [0.2, 0.25) is 0 Å². The zero-order chi connectivity index (χ0) is 14.8. The van der Waals surface area contributed by atoms with Gasteiger partial charge in [0.05, 0.1) is 13.7 Å². The molecule has 0 bridgehead atoms. The minimum Gasteiger partial charge on any atom is -0.497 e. The third kappa shape index (κ3) is 6.08. The van der Waals surface area contributed by atoms with Gasteiger partial charge in [-0.25, -0.2) is 0 Å². The van der Waals surface area contributed by atoms with E-state index in [-0.39, 0.29) is 6.61 Å². The van der Waals surface area contributed by atoms with E-state index in [0.29, 0.717) is 0 Å². The van der Waals surface area contributed by atoms with Crippen LogP contribution in [0.4, 0.5) is 0 Å². The molecule has 0 saturated heterocycles. The summed E-state index contributed by atoms with van der Waals surface area (Å²) in [4.78, 5) is 0. The van der Waals surface area contributed by atoms with Crippen molar-refractivity contribution < 1.29 is 9.84 Å². The number of rotatable bonds is 4. The van der Waals surface area contributed by atoms with Crippen LogP contribution in [-0.4, -0.2) is 18.8 Å². The quantitative estimate of drug-likeness (QED) is 0.668. The van der Waals surface area contributed by atoms with Crippen LogP contribution in [0.15, 0.2) is 53.6 Å². The Labute approximate surface area is 121 Å². The summed E-state index contributed by atoms with van der Waals surface area (Å²) in [6, 6.07) is 7.87. The van der Waals surface area contributed by atoms with Crippen LogP contribution in [0.5, 0.6) is 5.75 Å². The van der Waals surface area contributed by atoms with Gasteiger partial charge in [-0.05, 0) is 54.8 Å². The van der Waals surface area contributed by atoms with Crippen molar-refractivity contribution in [2.75, 3.05) is 13.7 Å². The van der Waals surface area contributed by atoms with Crippen LogP contribution in [-0.2, 0) is 0 Å². The molecule has 0 atom stereocenters. The molecule has 104 valence electrons. The van der Waals surface area contributed by atoms with Crippen LogP contribution in [0.3, 0.4) is 0 Å². The molecule has 0 fully saturated rings. The van der Waals surface area contributed by atoms with Gasteiger partial charge in [-0.3, -0.25) is 0 Å². The summed E-state index contributed by atoms with van der Waals surface area (Å²) in [5, 5.41) is 8.71. The van der Waals surface area contributed by atoms with Crippen LogP contribution in [0.25, 0.3) is 6.08 Å². The Kier molecular flexibility index (Phi) is 6.95. The SMILES string of the molecule is COc1ccc(C=CC(C)=CC#CC(C)=CCO)cc1. The highest BCUT2D eigenvalue weighted by Crippen LogP contribution is 2.13. The molecule has 1 aromatic rings. The van der Waals surface area contributed by atoms with Crippen LogP contribution in [0.1, 0.15) is 19.4 Å². The molecule has 0 radical (unpaired) electrons. The third-order valence-electron chi connectivity index (χ3n) is 2.62. The molecule has 0 aliphatic rings. The van der Waals surface area contributed by atoms with Gasteiger partial charge in [-0.15, -0.1) is 0 Å². The van der Waals surface area contributed by atoms with Crippen LogP contribution in [0.2, 0.25) is 0 Å². The summed E-state index contributed by atoms with van der Waals surface area (Å²) >= 11 is 0. The molecular formula is C18H20O2. The topological polar surface area (TPSA) is 29.5 Å². The maximum absolute atomic E-state index is 8.71. The third-order valence-corrected chi connectivity index (χ3v) is 2.62. The standard InChI is InChI=1S/C18H20O2/c1-15(5-4-6-16(2)13-14-19)7-8-17-9-11-18(20-3)12-10-17/h5,7-13,19H,14H2,1-3H3. The normalized spacial score (nSPS) is 12.2. The summed E-state index contributed by atoms with van der Waals surface area (Å²) in [6.45, 7) is 3.90. The van der Waals surface area contributed by atoms with E-state index in [0.717, 1.165) is 22.5 Å². The molecule has 0 amide bonds. The molecular weight excluding hydrogens is 248 g/mol. The van der Waals surface area contributed by atoms with Gasteiger partial charge in [0, 0.05) is 0 Å². The molecule has 0 aliphatic carbocycles. The van der Waals surface area contributed by atoms with Gasteiger partial charge in [-0.1, -0.05) is 36.1 Å². The number of ether oxygens (including phenoxy) is 1. The van der Waals surface area contributed by atoms with Crippen molar-refractivity contribution in [3.63, 3.8) is 0 Å². The largest absolute Gasteiger partial charge is 0.497 e. The minimum atomic E-state index is 0.0284. The second-order valence-corrected chi connectivity index (χ2v) is 4.33. The maximum Gasteiger partial charge on any atom is 0.118 e. The van der Waals surface area contributed by atoms with Crippen molar-refractivity contribution in [1.82, 2.24) is 0 Å². The molecule has 0 unspecified atom stereocenters. The molecule has 20 heavy (non-hydrogen) atoms. The summed E-state index contributed by atoms with van der Waals surface area (Å²) in [5.41, 5.74) is 3.06.